The number of likely N-dealkylation sites (tertiary alicyclic amines) is 1. The van der Waals surface area contributed by atoms with Crippen molar-refractivity contribution in [3.05, 3.63) is 60.2 Å². The Kier molecular flexibility index (Phi) is 4.61. The van der Waals surface area contributed by atoms with Crippen LogP contribution in [0.15, 0.2) is 54.6 Å². The number of anilines is 2. The topological polar surface area (TPSA) is 52.7 Å². The largest absolute Gasteiger partial charge is 0.324 e. The fourth-order valence-corrected chi connectivity index (χ4v) is 3.79. The third-order valence-corrected chi connectivity index (χ3v) is 5.25. The van der Waals surface area contributed by atoms with Crippen molar-refractivity contribution in [2.75, 3.05) is 29.9 Å². The number of amides is 3. The first-order chi connectivity index (χ1) is 12.7. The van der Waals surface area contributed by atoms with Crippen molar-refractivity contribution in [1.82, 2.24) is 4.90 Å². The number of nitrogens with zero attached hydrogens (tertiary/aromatic N) is 2. The van der Waals surface area contributed by atoms with E-state index in [2.05, 4.69) is 17.4 Å². The quantitative estimate of drug-likeness (QED) is 0.915. The summed E-state index contributed by atoms with van der Waals surface area (Å²) in [6, 6.07) is 17.8. The molecule has 3 amide bonds. The first-order valence-corrected chi connectivity index (χ1v) is 9.22. The Bertz CT molecular complexity index is 789. The second-order valence-corrected chi connectivity index (χ2v) is 6.97. The molecule has 0 aliphatic carbocycles. The zero-order chi connectivity index (χ0) is 17.9. The molecular weight excluding hydrogens is 326 g/mol. The van der Waals surface area contributed by atoms with E-state index >= 15 is 0 Å². The van der Waals surface area contributed by atoms with Gasteiger partial charge in [-0.1, -0.05) is 30.3 Å². The average Bonchev–Trinajstić information content (AvgIpc) is 3.32. The lowest BCUT2D eigenvalue weighted by Crippen LogP contribution is -2.32. The number of benzene rings is 2. The summed E-state index contributed by atoms with van der Waals surface area (Å²) in [5, 5.41) is 2.97. The van der Waals surface area contributed by atoms with Gasteiger partial charge in [0.1, 0.15) is 0 Å². The molecule has 0 aromatic heterocycles. The highest BCUT2D eigenvalue weighted by Crippen LogP contribution is 2.28. The first-order valence-electron chi connectivity index (χ1n) is 9.22. The zero-order valence-electron chi connectivity index (χ0n) is 14.7. The molecule has 2 aromatic carbocycles. The Morgan fingerprint density at radius 2 is 1.77 bits per heavy atom. The summed E-state index contributed by atoms with van der Waals surface area (Å²) in [6.07, 6.45) is 2.53. The minimum absolute atomic E-state index is 0.0616. The molecule has 4 rings (SSSR count). The number of hydrogen-bond donors (Lipinski definition) is 1. The van der Waals surface area contributed by atoms with Crippen LogP contribution in [0.25, 0.3) is 0 Å². The van der Waals surface area contributed by atoms with E-state index in [4.69, 9.17) is 0 Å². The van der Waals surface area contributed by atoms with Gasteiger partial charge >= 0.3 is 6.03 Å². The summed E-state index contributed by atoms with van der Waals surface area (Å²) in [5.74, 6) is 0.580. The molecule has 2 aromatic rings. The van der Waals surface area contributed by atoms with E-state index < -0.39 is 0 Å². The van der Waals surface area contributed by atoms with Crippen LogP contribution in [0.1, 0.15) is 30.7 Å². The van der Waals surface area contributed by atoms with Gasteiger partial charge in [-0.25, -0.2) is 4.79 Å². The number of hydrogen-bond acceptors (Lipinski definition) is 2. The van der Waals surface area contributed by atoms with E-state index in [1.165, 1.54) is 5.56 Å². The molecule has 2 fully saturated rings. The van der Waals surface area contributed by atoms with Crippen molar-refractivity contribution in [2.24, 2.45) is 0 Å². The van der Waals surface area contributed by atoms with E-state index in [9.17, 15) is 9.59 Å². The van der Waals surface area contributed by atoms with Gasteiger partial charge < -0.3 is 15.1 Å². The smallest absolute Gasteiger partial charge is 0.321 e. The van der Waals surface area contributed by atoms with Crippen molar-refractivity contribution in [1.29, 1.82) is 0 Å². The van der Waals surface area contributed by atoms with Gasteiger partial charge in [-0.05, 0) is 42.7 Å². The van der Waals surface area contributed by atoms with Crippen molar-refractivity contribution in [2.45, 2.75) is 25.2 Å². The summed E-state index contributed by atoms with van der Waals surface area (Å²) < 4.78 is 0. The van der Waals surface area contributed by atoms with Gasteiger partial charge in [0.2, 0.25) is 5.91 Å². The number of carbonyl (C=O) groups excluding carboxylic acids is 2. The Hall–Kier alpha value is -2.82. The third-order valence-electron chi connectivity index (χ3n) is 5.25. The second-order valence-electron chi connectivity index (χ2n) is 6.97. The lowest BCUT2D eigenvalue weighted by atomic mass is 9.99. The second kappa shape index (κ2) is 7.20. The van der Waals surface area contributed by atoms with E-state index in [1.807, 2.05) is 47.4 Å². The predicted molar refractivity (Wildman–Crippen MR) is 102 cm³/mol. The summed E-state index contributed by atoms with van der Waals surface area (Å²) in [6.45, 7) is 2.29. The fraction of sp³-hybridized carbons (Fsp3) is 0.333. The minimum Gasteiger partial charge on any atom is -0.324 e. The van der Waals surface area contributed by atoms with E-state index in [1.54, 1.807) is 4.90 Å². The summed E-state index contributed by atoms with van der Waals surface area (Å²) >= 11 is 0. The van der Waals surface area contributed by atoms with Crippen LogP contribution >= 0.6 is 0 Å². The molecule has 2 saturated heterocycles. The highest BCUT2D eigenvalue weighted by molar-refractivity contribution is 5.96. The van der Waals surface area contributed by atoms with Crippen molar-refractivity contribution in [3.8, 4) is 0 Å². The summed E-state index contributed by atoms with van der Waals surface area (Å²) in [7, 11) is 0. The zero-order valence-corrected chi connectivity index (χ0v) is 14.7. The maximum Gasteiger partial charge on any atom is 0.321 e. The number of rotatable bonds is 3. The molecule has 0 bridgehead atoms. The minimum atomic E-state index is -0.0616. The average molecular weight is 349 g/mol. The van der Waals surface area contributed by atoms with Gasteiger partial charge in [-0.2, -0.15) is 0 Å². The molecule has 5 heteroatoms. The lowest BCUT2D eigenvalue weighted by molar-refractivity contribution is -0.117. The van der Waals surface area contributed by atoms with Gasteiger partial charge in [0, 0.05) is 43.3 Å². The molecule has 134 valence electrons. The predicted octanol–water partition coefficient (Wildman–Crippen LogP) is 3.83. The van der Waals surface area contributed by atoms with E-state index in [-0.39, 0.29) is 11.9 Å². The highest BCUT2D eigenvalue weighted by Gasteiger charge is 2.27. The molecule has 0 unspecified atom stereocenters. The monoisotopic (exact) mass is 349 g/mol. The Balaban J connectivity index is 1.35. The van der Waals surface area contributed by atoms with Gasteiger partial charge in [0.15, 0.2) is 0 Å². The van der Waals surface area contributed by atoms with Crippen LogP contribution in [0.5, 0.6) is 0 Å². The van der Waals surface area contributed by atoms with Crippen molar-refractivity contribution >= 4 is 23.3 Å². The highest BCUT2D eigenvalue weighted by atomic mass is 16.2. The van der Waals surface area contributed by atoms with Crippen LogP contribution in [-0.2, 0) is 4.79 Å². The Morgan fingerprint density at radius 1 is 1.00 bits per heavy atom. The maximum atomic E-state index is 12.5. The molecule has 5 nitrogen and oxygen atoms in total. The van der Waals surface area contributed by atoms with Gasteiger partial charge in [0.25, 0.3) is 0 Å². The van der Waals surface area contributed by atoms with E-state index in [0.717, 1.165) is 43.9 Å². The van der Waals surface area contributed by atoms with Crippen LogP contribution in [0.2, 0.25) is 0 Å². The first kappa shape index (κ1) is 16.6. The van der Waals surface area contributed by atoms with Crippen LogP contribution in [0, 0.1) is 0 Å². The van der Waals surface area contributed by atoms with Crippen LogP contribution < -0.4 is 10.2 Å². The van der Waals surface area contributed by atoms with Crippen LogP contribution in [0.3, 0.4) is 0 Å². The molecule has 0 radical (unpaired) electrons. The lowest BCUT2D eigenvalue weighted by Gasteiger charge is -2.19. The van der Waals surface area contributed by atoms with Crippen LogP contribution in [0.4, 0.5) is 16.2 Å². The van der Waals surface area contributed by atoms with Gasteiger partial charge in [-0.15, -0.1) is 0 Å². The molecular formula is C21H23N3O2. The Labute approximate surface area is 153 Å². The molecule has 2 aliphatic rings. The van der Waals surface area contributed by atoms with Gasteiger partial charge in [0.05, 0.1) is 0 Å². The number of urea groups is 1. The molecule has 2 aliphatic heterocycles. The molecule has 26 heavy (non-hydrogen) atoms. The van der Waals surface area contributed by atoms with Crippen LogP contribution in [-0.4, -0.2) is 36.5 Å². The fourth-order valence-electron chi connectivity index (χ4n) is 3.79. The number of carbonyl (C=O) groups is 2. The summed E-state index contributed by atoms with van der Waals surface area (Å²) in [5.41, 5.74) is 2.95. The summed E-state index contributed by atoms with van der Waals surface area (Å²) in [4.78, 5) is 28.0. The molecule has 0 spiro atoms. The molecule has 2 heterocycles. The molecule has 0 saturated carbocycles. The van der Waals surface area contributed by atoms with Crippen molar-refractivity contribution < 1.29 is 9.59 Å². The Morgan fingerprint density at radius 3 is 2.46 bits per heavy atom. The maximum absolute atomic E-state index is 12.5. The molecule has 1 atom stereocenters. The normalized spacial score (nSPS) is 19.8. The number of nitrogens with one attached hydrogen (secondary N) is 1. The van der Waals surface area contributed by atoms with Crippen molar-refractivity contribution in [3.63, 3.8) is 0 Å². The molecule has 1 N–H and O–H groups in total. The SMILES string of the molecule is O=C(Nc1ccc(N2CCCC2=O)cc1)N1CC[C@H](c2ccccc2)C1. The van der Waals surface area contributed by atoms with Gasteiger partial charge in [-0.3, -0.25) is 4.79 Å². The standard InChI is InChI=1S/C21H23N3O2/c25-20-7-4-13-24(20)19-10-8-18(9-11-19)22-21(26)23-14-12-17(15-23)16-5-2-1-3-6-16/h1-3,5-6,8-11,17H,4,7,12-15H2,(H,22,26)/t17-/m0/s1. The van der Waals surface area contributed by atoms with E-state index in [0.29, 0.717) is 12.3 Å². The third kappa shape index (κ3) is 3.43.